The van der Waals surface area contributed by atoms with Crippen molar-refractivity contribution >= 4 is 81.1 Å². The van der Waals surface area contributed by atoms with E-state index in [0.29, 0.717) is 87.5 Å². The zero-order chi connectivity index (χ0) is 94.6. The van der Waals surface area contributed by atoms with Gasteiger partial charge in [0.15, 0.2) is 11.6 Å². The molecule has 130 heavy (non-hydrogen) atoms. The Hall–Kier alpha value is -12.4. The van der Waals surface area contributed by atoms with E-state index in [9.17, 15) is 78.6 Å². The van der Waals surface area contributed by atoms with Gasteiger partial charge in [-0.2, -0.15) is 0 Å². The number of esters is 3. The number of fused-ring (bicyclic) bond motifs is 2. The molecule has 0 bridgehead atoms. The van der Waals surface area contributed by atoms with Gasteiger partial charge >= 0.3 is 29.9 Å². The summed E-state index contributed by atoms with van der Waals surface area (Å²) in [5.41, 5.74) is 7.34. The maximum absolute atomic E-state index is 14.7. The normalized spacial score (nSPS) is 14.4. The van der Waals surface area contributed by atoms with E-state index in [2.05, 4.69) is 56.1 Å². The Balaban J connectivity index is 0.807. The van der Waals surface area contributed by atoms with E-state index in [0.717, 1.165) is 34.6 Å². The van der Waals surface area contributed by atoms with Crippen molar-refractivity contribution in [1.82, 2.24) is 75.0 Å². The van der Waals surface area contributed by atoms with Crippen molar-refractivity contribution in [3.05, 3.63) is 96.3 Å². The summed E-state index contributed by atoms with van der Waals surface area (Å²) in [4.78, 5) is 144. The summed E-state index contributed by atoms with van der Waals surface area (Å²) < 4.78 is 34.4. The van der Waals surface area contributed by atoms with Gasteiger partial charge in [-0.1, -0.05) is 37.9 Å². The average molecular weight is 1810 g/mol. The minimum Gasteiger partial charge on any atom is -0.508 e. The zero-order valence-electron chi connectivity index (χ0n) is 76.7. The fraction of sp³-hybridized carbons (Fsp3) is 0.548. The molecule has 7 amide bonds. The van der Waals surface area contributed by atoms with Gasteiger partial charge in [0.2, 0.25) is 41.4 Å². The summed E-state index contributed by atoms with van der Waals surface area (Å²) in [6, 6.07) is 14.5. The molecule has 2 aliphatic heterocycles. The molecule has 0 radical (unpaired) electrons. The number of phenolic OH excluding ortho intramolecular Hbond substituents is 4. The van der Waals surface area contributed by atoms with Crippen LogP contribution in [0.25, 0.3) is 56.0 Å². The minimum atomic E-state index is -1.63. The molecule has 3 atom stereocenters. The van der Waals surface area contributed by atoms with Crippen molar-refractivity contribution < 1.29 is 102 Å². The lowest BCUT2D eigenvalue weighted by Crippen LogP contribution is -2.57. The van der Waals surface area contributed by atoms with Crippen LogP contribution < -0.4 is 32.3 Å². The van der Waals surface area contributed by atoms with E-state index in [1.807, 2.05) is 88.6 Å². The summed E-state index contributed by atoms with van der Waals surface area (Å²) in [5, 5.41) is 96.3. The summed E-state index contributed by atoms with van der Waals surface area (Å²) in [5.74, 6) is -6.92. The van der Waals surface area contributed by atoms with Crippen LogP contribution in [0, 0.1) is 11.8 Å². The number of nitrogens with one attached hydrogen (secondary N) is 5. The highest BCUT2D eigenvalue weighted by Crippen LogP contribution is 2.42. The molecule has 4 aromatic carbocycles. The number of carbonyl (C=O) groups is 10. The molecule has 2 fully saturated rings. The van der Waals surface area contributed by atoms with Crippen LogP contribution in [0.15, 0.2) is 85.2 Å². The van der Waals surface area contributed by atoms with E-state index < -0.39 is 133 Å². The third kappa shape index (κ3) is 28.3. The van der Waals surface area contributed by atoms with E-state index in [4.69, 9.17) is 29.4 Å². The number of carbonyl (C=O) groups excluding carboxylic acids is 10. The van der Waals surface area contributed by atoms with Crippen LogP contribution in [0.2, 0.25) is 0 Å². The Bertz CT molecular complexity index is 5080. The first-order valence-corrected chi connectivity index (χ1v) is 44.6. The van der Waals surface area contributed by atoms with E-state index in [-0.39, 0.29) is 146 Å². The average Bonchev–Trinajstić information content (AvgIpc) is 1.61. The second-order valence-electron chi connectivity index (χ2n) is 37.0. The Morgan fingerprint density at radius 2 is 0.862 bits per heavy atom. The number of nitrogens with zero attached hydrogens (tertiary/aromatic N) is 10. The largest absolute Gasteiger partial charge is 0.508 e. The van der Waals surface area contributed by atoms with Crippen molar-refractivity contribution in [2.45, 2.75) is 252 Å². The van der Waals surface area contributed by atoms with Gasteiger partial charge in [0, 0.05) is 143 Å². The predicted octanol–water partition coefficient (Wildman–Crippen LogP) is 9.11. The van der Waals surface area contributed by atoms with Gasteiger partial charge < -0.3 is 106 Å². The van der Waals surface area contributed by atoms with Crippen LogP contribution in [0.3, 0.4) is 0 Å². The highest BCUT2D eigenvalue weighted by atomic mass is 16.6. The van der Waals surface area contributed by atoms with E-state index >= 15 is 0 Å². The van der Waals surface area contributed by atoms with Crippen molar-refractivity contribution in [2.24, 2.45) is 17.6 Å². The molecule has 0 aliphatic carbocycles. The molecule has 0 spiro atoms. The van der Waals surface area contributed by atoms with Gasteiger partial charge in [-0.3, -0.25) is 47.9 Å². The Morgan fingerprint density at radius 3 is 1.26 bits per heavy atom. The number of benzene rings is 4. The highest BCUT2D eigenvalue weighted by Gasteiger charge is 2.36. The topological polar surface area (TPSA) is 502 Å². The summed E-state index contributed by atoms with van der Waals surface area (Å²) in [7, 11) is 0. The molecule has 0 unspecified atom stereocenters. The molecule has 6 heterocycles. The van der Waals surface area contributed by atoms with Crippen molar-refractivity contribution in [2.75, 3.05) is 65.7 Å². The van der Waals surface area contributed by atoms with Crippen LogP contribution >= 0.6 is 0 Å². The fourth-order valence-corrected chi connectivity index (χ4v) is 16.1. The zero-order valence-corrected chi connectivity index (χ0v) is 76.7. The number of aromatic nitrogens is 8. The van der Waals surface area contributed by atoms with Crippen LogP contribution in [-0.2, 0) is 84.7 Å². The lowest BCUT2D eigenvalue weighted by molar-refractivity contribution is -0.156. The van der Waals surface area contributed by atoms with E-state index in [1.165, 1.54) is 21.3 Å². The molecule has 2 aliphatic rings. The lowest BCUT2D eigenvalue weighted by Gasteiger charge is -2.34. The number of aryl methyl sites for hydroxylation is 2. The van der Waals surface area contributed by atoms with Crippen molar-refractivity contribution in [3.63, 3.8) is 0 Å². The molecule has 37 heteroatoms. The number of piperidine rings is 2. The van der Waals surface area contributed by atoms with Crippen LogP contribution in [0.4, 0.5) is 0 Å². The van der Waals surface area contributed by atoms with Crippen LogP contribution in [-0.4, -0.2) is 245 Å². The molecule has 8 aromatic rings. The van der Waals surface area contributed by atoms with Gasteiger partial charge in [-0.15, -0.1) is 10.2 Å². The fourth-order valence-electron chi connectivity index (χ4n) is 16.1. The first-order chi connectivity index (χ1) is 61.5. The molecule has 37 nitrogen and oxygen atoms in total. The smallest absolute Gasteiger partial charge is 0.319 e. The van der Waals surface area contributed by atoms with Gasteiger partial charge in [0.25, 0.3) is 0 Å². The number of ether oxygens (including phenoxy) is 5. The molecule has 4 aromatic heterocycles. The monoisotopic (exact) mass is 1800 g/mol. The molecule has 2 saturated heterocycles. The summed E-state index contributed by atoms with van der Waals surface area (Å²) in [6.07, 6.45) is 5.05. The quantitative estimate of drug-likeness (QED) is 0.00963. The lowest BCUT2D eigenvalue weighted by atomic mass is 9.92. The van der Waals surface area contributed by atoms with Gasteiger partial charge in [-0.25, -0.2) is 9.13 Å². The van der Waals surface area contributed by atoms with Gasteiger partial charge in [0.1, 0.15) is 64.5 Å². The number of nitrogens with two attached hydrogens (primary N) is 1. The van der Waals surface area contributed by atoms with Crippen molar-refractivity contribution in [3.8, 4) is 69.2 Å². The van der Waals surface area contributed by atoms with Gasteiger partial charge in [0.05, 0.1) is 42.3 Å². The van der Waals surface area contributed by atoms with E-state index in [1.54, 1.807) is 84.2 Å². The number of hydrogen-bond acceptors (Lipinski definition) is 26. The Morgan fingerprint density at radius 1 is 0.462 bits per heavy atom. The summed E-state index contributed by atoms with van der Waals surface area (Å²) >= 11 is 0. The summed E-state index contributed by atoms with van der Waals surface area (Å²) in [6.45, 7) is 25.1. The first kappa shape index (κ1) is 99.8. The molecular formula is C93H128N16O21. The Kier molecular flexibility index (Phi) is 34.4. The van der Waals surface area contributed by atoms with Crippen LogP contribution in [0.5, 0.6) is 35.0 Å². The Labute approximate surface area is 755 Å². The van der Waals surface area contributed by atoms with Crippen molar-refractivity contribution in [1.29, 1.82) is 0 Å². The second-order valence-corrected chi connectivity index (χ2v) is 37.0. The highest BCUT2D eigenvalue weighted by molar-refractivity contribution is 5.95. The predicted molar refractivity (Wildman–Crippen MR) is 481 cm³/mol. The number of amides is 7. The molecule has 706 valence electrons. The maximum atomic E-state index is 14.7. The third-order valence-corrected chi connectivity index (χ3v) is 22.6. The number of phenols is 4. The minimum absolute atomic E-state index is 0.00175. The standard InChI is InChI=1S/C93H128N16O21/c1-55(2)64-50-66(75(112)52-73(64)110)84-100-102-89(124)108(84)62-14-19-71-59(46-62)31-41-104(71)35-25-57-27-37-106(38-28-57)79(116)48-61(49-80(117)107-39-29-58(30-40-107)26-36-105-42-32-60-47-63(15-20-72(60)105)109-85(101-103-90(109)125)67-51-65(56(3)4)74(111)53-76(67)113)96-77(114)24-34-95-86(121)68(16-21-81(118)128-91(5,6)7)98-88(123)70(18-23-83(120)130-93(11,12)13)99-87(122)69(17-22-82(119)129-92(8,9)10)97-78(115)54-127-45-44-126-43-33-94/h14-15,19-20,31-32,41-42,46-47,50-53,55-58,61,68-70,110-113H,16-18,21-30,33-40,43-45,48-49,54,94H2,1-13H3,(H,95,121)(H,96,114)(H,97,115)(H,98,123)(H,99,122)(H,102,124)(H,103,125)/t68-,69-,70-/m1/s1. The molecule has 13 N–H and O–H groups in total. The third-order valence-electron chi connectivity index (χ3n) is 22.6. The van der Waals surface area contributed by atoms with Crippen LogP contribution in [0.1, 0.15) is 209 Å². The molecule has 0 saturated carbocycles. The SMILES string of the molecule is CC(C)c1cc(-c2nnc(O)n2-c2ccc3c(ccn3CCC3CCN(C(=O)CC(CC(=O)N4CCC(CCn5ccc6cc(-n7c(O)nnc7-c7cc(C(C)C)c(O)cc7O)ccc65)CC4)NC(=O)CCNC(=O)[C@@H](CCC(=O)OC(C)(C)C)NC(=O)[C@@H](CCC(=O)OC(C)(C)C)NC(=O)[C@@H](CCC(=O)OC(C)(C)C)NC(=O)COCCOCCN)CC3)c2)c(O)cc1O. The first-order valence-electron chi connectivity index (χ1n) is 44.6. The second kappa shape index (κ2) is 44.8. The number of likely N-dealkylation sites (tertiary alicyclic amines) is 2. The molecule has 10 rings (SSSR count). The molecular weight excluding hydrogens is 1680 g/mol. The number of rotatable bonds is 42. The number of hydrogen-bond donors (Lipinski definition) is 12. The number of aromatic hydroxyl groups is 6. The van der Waals surface area contributed by atoms with Gasteiger partial charge in [-0.05, 0) is 216 Å². The maximum Gasteiger partial charge on any atom is 0.319 e.